The highest BCUT2D eigenvalue weighted by molar-refractivity contribution is 7.91. The highest BCUT2D eigenvalue weighted by Gasteiger charge is 2.11. The first-order valence-electron chi connectivity index (χ1n) is 6.50. The number of nitrogens with one attached hydrogen (secondary N) is 2. The molecule has 0 aliphatic heterocycles. The Morgan fingerprint density at radius 2 is 1.73 bits per heavy atom. The summed E-state index contributed by atoms with van der Waals surface area (Å²) < 4.78 is 22.6. The van der Waals surface area contributed by atoms with Gasteiger partial charge in [-0.25, -0.2) is 13.6 Å². The van der Waals surface area contributed by atoms with Crippen molar-refractivity contribution in [1.82, 2.24) is 10.6 Å². The third kappa shape index (κ3) is 4.80. The van der Waals surface area contributed by atoms with Crippen LogP contribution in [-0.2, 0) is 23.1 Å². The number of guanidine groups is 1. The number of aliphatic imine (C=N–C) groups is 1. The highest BCUT2D eigenvalue weighted by Crippen LogP contribution is 2.20. The van der Waals surface area contributed by atoms with Gasteiger partial charge in [0, 0.05) is 21.7 Å². The molecule has 0 amide bonds. The largest absolute Gasteiger partial charge is 0.352 e. The Labute approximate surface area is 138 Å². The fourth-order valence-corrected chi connectivity index (χ4v) is 4.30. The lowest BCUT2D eigenvalue weighted by Crippen LogP contribution is -2.35. The van der Waals surface area contributed by atoms with Gasteiger partial charge in [0.05, 0.1) is 13.1 Å². The van der Waals surface area contributed by atoms with E-state index in [1.54, 1.807) is 24.5 Å². The molecule has 0 unspecified atom stereocenters. The molecule has 120 valence electrons. The Kier molecular flexibility index (Phi) is 5.57. The smallest absolute Gasteiger partial charge is 0.247 e. The lowest BCUT2D eigenvalue weighted by Gasteiger charge is -2.10. The Morgan fingerprint density at radius 1 is 1.14 bits per heavy atom. The second kappa shape index (κ2) is 7.23. The number of nitrogens with zero attached hydrogens (tertiary/aromatic N) is 1. The normalized spacial score (nSPS) is 12.4. The number of thiophene rings is 2. The summed E-state index contributed by atoms with van der Waals surface area (Å²) in [6.07, 6.45) is 0. The van der Waals surface area contributed by atoms with Crippen LogP contribution in [0.3, 0.4) is 0 Å². The van der Waals surface area contributed by atoms with Crippen molar-refractivity contribution in [2.45, 2.75) is 24.2 Å². The number of primary sulfonamides is 1. The second-order valence-electron chi connectivity index (χ2n) is 4.56. The van der Waals surface area contributed by atoms with Crippen LogP contribution >= 0.6 is 22.7 Å². The van der Waals surface area contributed by atoms with E-state index in [0.717, 1.165) is 16.2 Å². The Morgan fingerprint density at radius 3 is 2.18 bits per heavy atom. The molecule has 4 N–H and O–H groups in total. The highest BCUT2D eigenvalue weighted by atomic mass is 32.2. The van der Waals surface area contributed by atoms with Gasteiger partial charge in [-0.15, -0.1) is 22.7 Å². The quantitative estimate of drug-likeness (QED) is 0.559. The summed E-state index contributed by atoms with van der Waals surface area (Å²) in [6.45, 7) is 3.26. The monoisotopic (exact) mass is 358 g/mol. The maximum Gasteiger partial charge on any atom is 0.247 e. The lowest BCUT2D eigenvalue weighted by atomic mass is 10.4. The molecular formula is C13H18N4O2S3. The fourth-order valence-electron chi connectivity index (χ4n) is 1.75. The third-order valence-electron chi connectivity index (χ3n) is 2.80. The van der Waals surface area contributed by atoms with Crippen LogP contribution in [0.4, 0.5) is 0 Å². The number of rotatable bonds is 5. The SMILES string of the molecule is CN=C(NCc1ccc(C)s1)NCc1ccc(S(N)(=O)=O)s1. The van der Waals surface area contributed by atoms with Crippen molar-refractivity contribution in [1.29, 1.82) is 0 Å². The zero-order valence-electron chi connectivity index (χ0n) is 12.3. The molecule has 0 aliphatic rings. The molecule has 2 heterocycles. The predicted molar refractivity (Wildman–Crippen MR) is 91.8 cm³/mol. The zero-order valence-corrected chi connectivity index (χ0v) is 14.7. The van der Waals surface area contributed by atoms with Crippen molar-refractivity contribution >= 4 is 38.7 Å². The molecule has 2 aromatic heterocycles. The summed E-state index contributed by atoms with van der Waals surface area (Å²) in [7, 11) is -1.93. The molecule has 2 rings (SSSR count). The van der Waals surface area contributed by atoms with Crippen LogP contribution in [0.15, 0.2) is 33.5 Å². The number of hydrogen-bond donors (Lipinski definition) is 3. The van der Waals surface area contributed by atoms with Crippen molar-refractivity contribution in [3.05, 3.63) is 38.9 Å². The summed E-state index contributed by atoms with van der Waals surface area (Å²) in [5, 5.41) is 11.5. The standard InChI is InChI=1S/C13H18N4O2S3/c1-9-3-4-10(20-9)7-16-13(15-2)17-8-11-5-6-12(21-11)22(14,18)19/h3-6H,7-8H2,1-2H3,(H2,14,18,19)(H2,15,16,17). The first-order chi connectivity index (χ1) is 10.4. The minimum atomic E-state index is -3.62. The van der Waals surface area contributed by atoms with Gasteiger partial charge in [0.2, 0.25) is 10.0 Å². The first kappa shape index (κ1) is 16.9. The van der Waals surface area contributed by atoms with Crippen molar-refractivity contribution < 1.29 is 8.42 Å². The number of aryl methyl sites for hydroxylation is 1. The summed E-state index contributed by atoms with van der Waals surface area (Å²) in [4.78, 5) is 7.52. The van der Waals surface area contributed by atoms with E-state index < -0.39 is 10.0 Å². The van der Waals surface area contributed by atoms with Gasteiger partial charge in [0.15, 0.2) is 5.96 Å². The van der Waals surface area contributed by atoms with Crippen LogP contribution in [0.2, 0.25) is 0 Å². The molecule has 0 saturated heterocycles. The Balaban J connectivity index is 1.87. The van der Waals surface area contributed by atoms with Crippen LogP contribution in [0.25, 0.3) is 0 Å². The molecule has 0 atom stereocenters. The minimum absolute atomic E-state index is 0.168. The fraction of sp³-hybridized carbons (Fsp3) is 0.308. The summed E-state index contributed by atoms with van der Waals surface area (Å²) >= 11 is 2.89. The van der Waals surface area contributed by atoms with E-state index in [-0.39, 0.29) is 4.21 Å². The average Bonchev–Trinajstić information content (AvgIpc) is 3.07. The van der Waals surface area contributed by atoms with Gasteiger partial charge in [0.1, 0.15) is 4.21 Å². The van der Waals surface area contributed by atoms with Crippen molar-refractivity contribution in [2.24, 2.45) is 10.1 Å². The minimum Gasteiger partial charge on any atom is -0.352 e. The van der Waals surface area contributed by atoms with Crippen molar-refractivity contribution in [2.75, 3.05) is 7.05 Å². The van der Waals surface area contributed by atoms with Crippen LogP contribution in [-0.4, -0.2) is 21.4 Å². The predicted octanol–water partition coefficient (Wildman–Crippen LogP) is 1.63. The van der Waals surface area contributed by atoms with E-state index in [9.17, 15) is 8.42 Å². The van der Waals surface area contributed by atoms with Gasteiger partial charge in [-0.2, -0.15) is 0 Å². The van der Waals surface area contributed by atoms with Crippen molar-refractivity contribution in [3.8, 4) is 0 Å². The van der Waals surface area contributed by atoms with Gasteiger partial charge in [-0.1, -0.05) is 0 Å². The molecular weight excluding hydrogens is 340 g/mol. The lowest BCUT2D eigenvalue weighted by molar-refractivity contribution is 0.600. The van der Waals surface area contributed by atoms with E-state index in [2.05, 4.69) is 34.7 Å². The van der Waals surface area contributed by atoms with E-state index >= 15 is 0 Å². The summed E-state index contributed by atoms with van der Waals surface area (Å²) in [5.41, 5.74) is 0. The van der Waals surface area contributed by atoms with Gasteiger partial charge >= 0.3 is 0 Å². The average molecular weight is 359 g/mol. The molecule has 2 aromatic rings. The molecule has 0 fully saturated rings. The van der Waals surface area contributed by atoms with E-state index in [1.165, 1.54) is 15.8 Å². The third-order valence-corrected chi connectivity index (χ3v) is 6.32. The number of nitrogens with two attached hydrogens (primary N) is 1. The molecule has 9 heteroatoms. The van der Waals surface area contributed by atoms with Gasteiger partial charge in [0.25, 0.3) is 0 Å². The molecule has 0 bridgehead atoms. The maximum absolute atomic E-state index is 11.2. The van der Waals surface area contributed by atoms with Crippen molar-refractivity contribution in [3.63, 3.8) is 0 Å². The second-order valence-corrected chi connectivity index (χ2v) is 8.89. The number of hydrogen-bond acceptors (Lipinski definition) is 5. The Bertz CT molecular complexity index is 762. The number of sulfonamides is 1. The molecule has 0 aromatic carbocycles. The molecule has 0 saturated carbocycles. The van der Waals surface area contributed by atoms with Gasteiger partial charge in [-0.3, -0.25) is 4.99 Å². The van der Waals surface area contributed by atoms with Gasteiger partial charge in [-0.05, 0) is 31.2 Å². The molecule has 0 spiro atoms. The van der Waals surface area contributed by atoms with Crippen LogP contribution in [0, 0.1) is 6.92 Å². The van der Waals surface area contributed by atoms with Crippen LogP contribution < -0.4 is 15.8 Å². The van der Waals surface area contributed by atoms with Crippen LogP contribution in [0.1, 0.15) is 14.6 Å². The maximum atomic E-state index is 11.2. The van der Waals surface area contributed by atoms with Crippen LogP contribution in [0.5, 0.6) is 0 Å². The molecule has 6 nitrogen and oxygen atoms in total. The van der Waals surface area contributed by atoms with E-state index in [1.807, 2.05) is 0 Å². The van der Waals surface area contributed by atoms with E-state index in [0.29, 0.717) is 19.0 Å². The molecule has 0 aliphatic carbocycles. The van der Waals surface area contributed by atoms with Gasteiger partial charge < -0.3 is 10.6 Å². The molecule has 0 radical (unpaired) electrons. The molecule has 22 heavy (non-hydrogen) atoms. The summed E-state index contributed by atoms with van der Waals surface area (Å²) in [6, 6.07) is 7.42. The first-order valence-corrected chi connectivity index (χ1v) is 9.68. The zero-order chi connectivity index (χ0) is 16.2. The summed E-state index contributed by atoms with van der Waals surface area (Å²) in [5.74, 6) is 0.664. The Hall–Kier alpha value is -1.42. The topological polar surface area (TPSA) is 96.6 Å². The van der Waals surface area contributed by atoms with E-state index in [4.69, 9.17) is 5.14 Å².